The first-order valence-corrected chi connectivity index (χ1v) is 6.39. The number of hydrogen-bond acceptors (Lipinski definition) is 4. The molecule has 0 bridgehead atoms. The molecule has 1 atom stereocenters. The lowest BCUT2D eigenvalue weighted by atomic mass is 10.1. The van der Waals surface area contributed by atoms with Crippen LogP contribution in [-0.2, 0) is 9.59 Å². The first-order chi connectivity index (χ1) is 9.19. The molecule has 19 heavy (non-hydrogen) atoms. The Hall–Kier alpha value is -1.95. The van der Waals surface area contributed by atoms with E-state index in [-0.39, 0.29) is 12.6 Å². The van der Waals surface area contributed by atoms with Crippen molar-refractivity contribution in [3.63, 3.8) is 0 Å². The highest BCUT2D eigenvalue weighted by molar-refractivity contribution is 6.35. The number of hydrogen-bond donors (Lipinski definition) is 1. The van der Waals surface area contributed by atoms with Crippen molar-refractivity contribution < 1.29 is 9.59 Å². The number of piperazine rings is 1. The maximum absolute atomic E-state index is 12.1. The Labute approximate surface area is 112 Å². The zero-order valence-electron chi connectivity index (χ0n) is 11.0. The third kappa shape index (κ3) is 2.58. The summed E-state index contributed by atoms with van der Waals surface area (Å²) in [7, 11) is 0. The minimum Gasteiger partial charge on any atom is -0.333 e. The van der Waals surface area contributed by atoms with Crippen molar-refractivity contribution in [2.24, 2.45) is 5.73 Å². The lowest BCUT2D eigenvalue weighted by molar-refractivity contribution is -0.157. The van der Waals surface area contributed by atoms with Gasteiger partial charge in [0.15, 0.2) is 0 Å². The Balaban J connectivity index is 2.21. The molecule has 0 radical (unpaired) electrons. The van der Waals surface area contributed by atoms with E-state index in [1.54, 1.807) is 28.3 Å². The quantitative estimate of drug-likeness (QED) is 0.760. The summed E-state index contributed by atoms with van der Waals surface area (Å²) in [6, 6.07) is 3.38. The number of nitrogens with two attached hydrogens (primary N) is 1. The predicted molar refractivity (Wildman–Crippen MR) is 70.0 cm³/mol. The summed E-state index contributed by atoms with van der Waals surface area (Å²) in [4.78, 5) is 31.2. The summed E-state index contributed by atoms with van der Waals surface area (Å²) in [6.07, 6.45) is 3.35. The molecule has 2 rings (SSSR count). The molecule has 0 saturated carbocycles. The molecule has 0 aromatic carbocycles. The van der Waals surface area contributed by atoms with Gasteiger partial charge in [0.25, 0.3) is 0 Å². The second kappa shape index (κ2) is 5.79. The van der Waals surface area contributed by atoms with Crippen molar-refractivity contribution in [3.05, 3.63) is 30.1 Å². The van der Waals surface area contributed by atoms with E-state index in [0.717, 1.165) is 5.56 Å². The number of nitrogens with zero attached hydrogens (tertiary/aromatic N) is 3. The van der Waals surface area contributed by atoms with Gasteiger partial charge in [0.2, 0.25) is 0 Å². The van der Waals surface area contributed by atoms with Crippen LogP contribution in [0.2, 0.25) is 0 Å². The zero-order valence-corrected chi connectivity index (χ0v) is 11.0. The number of amides is 2. The molecule has 2 heterocycles. The largest absolute Gasteiger partial charge is 0.333 e. The fraction of sp³-hybridized carbons (Fsp3) is 0.462. The van der Waals surface area contributed by atoms with Crippen LogP contribution >= 0.6 is 0 Å². The molecule has 1 aliphatic rings. The topological polar surface area (TPSA) is 79.5 Å². The van der Waals surface area contributed by atoms with Gasteiger partial charge in [-0.1, -0.05) is 6.07 Å². The lowest BCUT2D eigenvalue weighted by Gasteiger charge is -2.37. The average molecular weight is 262 g/mol. The molecule has 1 aromatic rings. The molecule has 6 heteroatoms. The Bertz CT molecular complexity index is 463. The second-order valence-corrected chi connectivity index (χ2v) is 4.42. The maximum atomic E-state index is 12.1. The Kier molecular flexibility index (Phi) is 4.11. The Morgan fingerprint density at radius 2 is 2.16 bits per heavy atom. The lowest BCUT2D eigenvalue weighted by Crippen LogP contribution is -2.56. The van der Waals surface area contributed by atoms with Crippen LogP contribution < -0.4 is 5.73 Å². The van der Waals surface area contributed by atoms with Gasteiger partial charge in [-0.3, -0.25) is 14.6 Å². The van der Waals surface area contributed by atoms with Gasteiger partial charge in [0, 0.05) is 38.6 Å². The van der Waals surface area contributed by atoms with Crippen LogP contribution in [0.15, 0.2) is 24.5 Å². The highest BCUT2D eigenvalue weighted by atomic mass is 16.2. The van der Waals surface area contributed by atoms with E-state index >= 15 is 0 Å². The highest BCUT2D eigenvalue weighted by Gasteiger charge is 2.35. The third-order valence-electron chi connectivity index (χ3n) is 3.39. The van der Waals surface area contributed by atoms with Gasteiger partial charge in [-0.2, -0.15) is 0 Å². The van der Waals surface area contributed by atoms with Gasteiger partial charge in [-0.25, -0.2) is 0 Å². The van der Waals surface area contributed by atoms with Gasteiger partial charge in [-0.15, -0.1) is 0 Å². The molecular weight excluding hydrogens is 244 g/mol. The van der Waals surface area contributed by atoms with Gasteiger partial charge in [0.1, 0.15) is 0 Å². The van der Waals surface area contributed by atoms with E-state index in [9.17, 15) is 9.59 Å². The molecule has 0 spiro atoms. The van der Waals surface area contributed by atoms with Gasteiger partial charge >= 0.3 is 11.8 Å². The van der Waals surface area contributed by atoms with Crippen LogP contribution in [0.25, 0.3) is 0 Å². The zero-order chi connectivity index (χ0) is 13.8. The SMILES string of the molecule is CCN1CCN(C(CN)c2cccnc2)C(=O)C1=O. The minimum atomic E-state index is -0.479. The summed E-state index contributed by atoms with van der Waals surface area (Å²) < 4.78 is 0. The van der Waals surface area contributed by atoms with Gasteiger partial charge < -0.3 is 15.5 Å². The van der Waals surface area contributed by atoms with Gasteiger partial charge in [0.05, 0.1) is 6.04 Å². The van der Waals surface area contributed by atoms with Crippen molar-refractivity contribution in [1.29, 1.82) is 0 Å². The van der Waals surface area contributed by atoms with Crippen LogP contribution in [0, 0.1) is 0 Å². The molecule has 0 aliphatic carbocycles. The standard InChI is InChI=1S/C13H18N4O2/c1-2-16-6-7-17(13(19)12(16)18)11(8-14)10-4-3-5-15-9-10/h3-5,9,11H,2,6-8,14H2,1H3. The molecule has 6 nitrogen and oxygen atoms in total. The molecule has 1 aliphatic heterocycles. The average Bonchev–Trinajstić information content (AvgIpc) is 2.45. The molecule has 1 saturated heterocycles. The maximum Gasteiger partial charge on any atom is 0.312 e. The van der Waals surface area contributed by atoms with Crippen molar-refractivity contribution >= 4 is 11.8 Å². The number of aromatic nitrogens is 1. The second-order valence-electron chi connectivity index (χ2n) is 4.42. The molecule has 2 amide bonds. The summed E-state index contributed by atoms with van der Waals surface area (Å²) in [5, 5.41) is 0. The highest BCUT2D eigenvalue weighted by Crippen LogP contribution is 2.21. The first-order valence-electron chi connectivity index (χ1n) is 6.39. The number of pyridine rings is 1. The summed E-state index contributed by atoms with van der Waals surface area (Å²) in [5.74, 6) is -0.927. The molecular formula is C13H18N4O2. The Morgan fingerprint density at radius 3 is 2.74 bits per heavy atom. The minimum absolute atomic E-state index is 0.275. The van der Waals surface area contributed by atoms with E-state index < -0.39 is 11.8 Å². The fourth-order valence-electron chi connectivity index (χ4n) is 2.31. The molecule has 102 valence electrons. The molecule has 1 fully saturated rings. The van der Waals surface area contributed by atoms with Gasteiger partial charge in [-0.05, 0) is 18.6 Å². The fourth-order valence-corrected chi connectivity index (χ4v) is 2.31. The van der Waals surface area contributed by atoms with Crippen molar-refractivity contribution in [2.45, 2.75) is 13.0 Å². The van der Waals surface area contributed by atoms with Crippen molar-refractivity contribution in [1.82, 2.24) is 14.8 Å². The van der Waals surface area contributed by atoms with Crippen LogP contribution in [0.3, 0.4) is 0 Å². The van der Waals surface area contributed by atoms with E-state index in [4.69, 9.17) is 5.73 Å². The molecule has 2 N–H and O–H groups in total. The summed E-state index contributed by atoms with van der Waals surface area (Å²) in [6.45, 7) is 3.75. The number of carbonyl (C=O) groups is 2. The normalized spacial score (nSPS) is 17.8. The molecule has 1 unspecified atom stereocenters. The Morgan fingerprint density at radius 1 is 1.37 bits per heavy atom. The van der Waals surface area contributed by atoms with E-state index in [1.165, 1.54) is 0 Å². The van der Waals surface area contributed by atoms with Crippen LogP contribution in [0.1, 0.15) is 18.5 Å². The van der Waals surface area contributed by atoms with Crippen LogP contribution in [-0.4, -0.2) is 52.8 Å². The monoisotopic (exact) mass is 262 g/mol. The third-order valence-corrected chi connectivity index (χ3v) is 3.39. The van der Waals surface area contributed by atoms with Crippen LogP contribution in [0.4, 0.5) is 0 Å². The first kappa shape index (κ1) is 13.5. The summed E-state index contributed by atoms with van der Waals surface area (Å²) in [5.41, 5.74) is 6.62. The predicted octanol–water partition coefficient (Wildman–Crippen LogP) is -0.228. The van der Waals surface area contributed by atoms with E-state index in [1.807, 2.05) is 13.0 Å². The number of carbonyl (C=O) groups excluding carboxylic acids is 2. The van der Waals surface area contributed by atoms with Crippen molar-refractivity contribution in [3.8, 4) is 0 Å². The van der Waals surface area contributed by atoms with E-state index in [0.29, 0.717) is 19.6 Å². The summed E-state index contributed by atoms with van der Waals surface area (Å²) >= 11 is 0. The number of rotatable bonds is 4. The van der Waals surface area contributed by atoms with Crippen molar-refractivity contribution in [2.75, 3.05) is 26.2 Å². The number of likely N-dealkylation sites (N-methyl/N-ethyl adjacent to an activating group) is 1. The van der Waals surface area contributed by atoms with Crippen LogP contribution in [0.5, 0.6) is 0 Å². The molecule has 1 aromatic heterocycles. The van der Waals surface area contributed by atoms with E-state index in [2.05, 4.69) is 4.98 Å². The smallest absolute Gasteiger partial charge is 0.312 e.